The number of nitrogens with one attached hydrogen (secondary N) is 1. The summed E-state index contributed by atoms with van der Waals surface area (Å²) < 4.78 is 10.7. The van der Waals surface area contributed by atoms with Crippen LogP contribution in [-0.4, -0.2) is 28.8 Å². The first-order valence-corrected chi connectivity index (χ1v) is 6.96. The number of rotatable bonds is 5. The molecule has 0 amide bonds. The molecule has 0 bridgehead atoms. The Kier molecular flexibility index (Phi) is 3.93. The maximum Gasteiger partial charge on any atom is 0.189 e. The molecule has 0 aliphatic rings. The molecule has 0 aliphatic heterocycles. The molecule has 0 saturated heterocycles. The number of hydrogen-bond donors (Lipinski definition) is 2. The SMILES string of the molecule is COc1cc2[nH]c(CCCO)cc(=O)c2cc1-c1cnco1. The molecule has 3 aromatic rings. The minimum atomic E-state index is -0.0786. The van der Waals surface area contributed by atoms with Gasteiger partial charge in [-0.15, -0.1) is 0 Å². The molecule has 3 rings (SSSR count). The first-order chi connectivity index (χ1) is 10.7. The second-order valence-electron chi connectivity index (χ2n) is 4.95. The Hall–Kier alpha value is -2.60. The lowest BCUT2D eigenvalue weighted by atomic mass is 10.1. The second-order valence-corrected chi connectivity index (χ2v) is 4.95. The van der Waals surface area contributed by atoms with Crippen LogP contribution in [0.3, 0.4) is 0 Å². The molecule has 0 fully saturated rings. The van der Waals surface area contributed by atoms with Crippen molar-refractivity contribution in [2.24, 2.45) is 0 Å². The van der Waals surface area contributed by atoms with Gasteiger partial charge in [-0.3, -0.25) is 4.79 Å². The van der Waals surface area contributed by atoms with Gasteiger partial charge < -0.3 is 19.2 Å². The van der Waals surface area contributed by atoms with Crippen molar-refractivity contribution >= 4 is 10.9 Å². The van der Waals surface area contributed by atoms with E-state index in [1.54, 1.807) is 31.5 Å². The van der Waals surface area contributed by atoms with Crippen molar-refractivity contribution in [2.75, 3.05) is 13.7 Å². The zero-order chi connectivity index (χ0) is 15.5. The van der Waals surface area contributed by atoms with Crippen LogP contribution in [0.25, 0.3) is 22.2 Å². The second kappa shape index (κ2) is 6.03. The molecule has 2 N–H and O–H groups in total. The number of aliphatic hydroxyl groups excluding tert-OH is 1. The molecule has 6 nitrogen and oxygen atoms in total. The van der Waals surface area contributed by atoms with Crippen LogP contribution in [0.15, 0.2) is 40.0 Å². The summed E-state index contributed by atoms with van der Waals surface area (Å²) >= 11 is 0. The summed E-state index contributed by atoms with van der Waals surface area (Å²) in [6.07, 6.45) is 4.14. The monoisotopic (exact) mass is 300 g/mol. The third-order valence-corrected chi connectivity index (χ3v) is 3.51. The molecule has 22 heavy (non-hydrogen) atoms. The number of fused-ring (bicyclic) bond motifs is 1. The maximum atomic E-state index is 12.3. The van der Waals surface area contributed by atoms with Gasteiger partial charge in [0.2, 0.25) is 0 Å². The van der Waals surface area contributed by atoms with Crippen molar-refractivity contribution in [3.8, 4) is 17.1 Å². The number of ether oxygens (including phenoxy) is 1. The number of oxazole rings is 1. The molecule has 0 radical (unpaired) electrons. The Balaban J connectivity index is 2.17. The van der Waals surface area contributed by atoms with E-state index < -0.39 is 0 Å². The van der Waals surface area contributed by atoms with E-state index in [4.69, 9.17) is 14.3 Å². The lowest BCUT2D eigenvalue weighted by Crippen LogP contribution is -2.06. The van der Waals surface area contributed by atoms with E-state index in [9.17, 15) is 4.79 Å². The molecular weight excluding hydrogens is 284 g/mol. The summed E-state index contributed by atoms with van der Waals surface area (Å²) in [6.45, 7) is 0.0911. The zero-order valence-corrected chi connectivity index (χ0v) is 12.1. The Morgan fingerprint density at radius 1 is 1.36 bits per heavy atom. The first kappa shape index (κ1) is 14.3. The van der Waals surface area contributed by atoms with Gasteiger partial charge in [0.05, 0.1) is 24.4 Å². The van der Waals surface area contributed by atoms with E-state index in [1.165, 1.54) is 6.39 Å². The molecule has 1 aromatic carbocycles. The van der Waals surface area contributed by atoms with Gasteiger partial charge in [0.25, 0.3) is 0 Å². The van der Waals surface area contributed by atoms with Crippen molar-refractivity contribution in [1.82, 2.24) is 9.97 Å². The molecular formula is C16H16N2O4. The van der Waals surface area contributed by atoms with Crippen LogP contribution in [0.2, 0.25) is 0 Å². The van der Waals surface area contributed by atoms with Crippen molar-refractivity contribution in [3.63, 3.8) is 0 Å². The fraction of sp³-hybridized carbons (Fsp3) is 0.250. The van der Waals surface area contributed by atoms with Crippen molar-refractivity contribution in [2.45, 2.75) is 12.8 Å². The average Bonchev–Trinajstić information content (AvgIpc) is 3.06. The van der Waals surface area contributed by atoms with E-state index in [0.717, 1.165) is 5.69 Å². The summed E-state index contributed by atoms with van der Waals surface area (Å²) in [7, 11) is 1.56. The van der Waals surface area contributed by atoms with Gasteiger partial charge in [-0.25, -0.2) is 4.98 Å². The van der Waals surface area contributed by atoms with Crippen LogP contribution in [0.5, 0.6) is 5.75 Å². The summed E-state index contributed by atoms with van der Waals surface area (Å²) in [5, 5.41) is 9.46. The third kappa shape index (κ3) is 2.60. The average molecular weight is 300 g/mol. The number of methoxy groups -OCH3 is 1. The third-order valence-electron chi connectivity index (χ3n) is 3.51. The zero-order valence-electron chi connectivity index (χ0n) is 12.1. The van der Waals surface area contributed by atoms with E-state index in [-0.39, 0.29) is 12.0 Å². The number of benzene rings is 1. The van der Waals surface area contributed by atoms with E-state index >= 15 is 0 Å². The summed E-state index contributed by atoms with van der Waals surface area (Å²) in [6, 6.07) is 5.08. The quantitative estimate of drug-likeness (QED) is 0.753. The first-order valence-electron chi connectivity index (χ1n) is 6.96. The topological polar surface area (TPSA) is 88.4 Å². The summed E-state index contributed by atoms with van der Waals surface area (Å²) in [4.78, 5) is 19.4. The number of aryl methyl sites for hydroxylation is 1. The smallest absolute Gasteiger partial charge is 0.189 e. The highest BCUT2D eigenvalue weighted by molar-refractivity contribution is 5.87. The van der Waals surface area contributed by atoms with Crippen LogP contribution in [-0.2, 0) is 6.42 Å². The standard InChI is InChI=1S/C16H16N2O4/c1-21-15-7-13-11(6-12(15)16-8-17-9-22-16)14(20)5-10(18-13)3-2-4-19/h5-9,19H,2-4H2,1H3,(H,18,20). The Labute approximate surface area is 126 Å². The Morgan fingerprint density at radius 3 is 2.91 bits per heavy atom. The molecule has 0 aliphatic carbocycles. The fourth-order valence-corrected chi connectivity index (χ4v) is 2.45. The van der Waals surface area contributed by atoms with E-state index in [0.29, 0.717) is 40.8 Å². The molecule has 2 aromatic heterocycles. The molecule has 114 valence electrons. The number of H-pyrrole nitrogens is 1. The summed E-state index contributed by atoms with van der Waals surface area (Å²) in [5.74, 6) is 1.14. The molecule has 2 heterocycles. The van der Waals surface area contributed by atoms with Gasteiger partial charge in [-0.1, -0.05) is 0 Å². The molecule has 0 atom stereocenters. The number of aromatic amines is 1. The van der Waals surface area contributed by atoms with Gasteiger partial charge in [-0.05, 0) is 18.9 Å². The Morgan fingerprint density at radius 2 is 2.23 bits per heavy atom. The minimum Gasteiger partial charge on any atom is -0.496 e. The minimum absolute atomic E-state index is 0.0786. The Bertz CT molecular complexity index is 837. The number of hydrogen-bond acceptors (Lipinski definition) is 5. The normalized spacial score (nSPS) is 11.0. The van der Waals surface area contributed by atoms with Crippen LogP contribution in [0.4, 0.5) is 0 Å². The molecule has 6 heteroatoms. The van der Waals surface area contributed by atoms with E-state index in [2.05, 4.69) is 9.97 Å². The number of pyridine rings is 1. The highest BCUT2D eigenvalue weighted by atomic mass is 16.5. The number of aromatic nitrogens is 2. The number of nitrogens with zero attached hydrogens (tertiary/aromatic N) is 1. The lowest BCUT2D eigenvalue weighted by Gasteiger charge is -2.09. The largest absolute Gasteiger partial charge is 0.496 e. The van der Waals surface area contributed by atoms with Crippen molar-refractivity contribution < 1.29 is 14.3 Å². The molecule has 0 saturated carbocycles. The maximum absolute atomic E-state index is 12.3. The number of aliphatic hydroxyl groups is 1. The van der Waals surface area contributed by atoms with Crippen LogP contribution in [0.1, 0.15) is 12.1 Å². The molecule has 0 unspecified atom stereocenters. The highest BCUT2D eigenvalue weighted by Crippen LogP contribution is 2.32. The fourth-order valence-electron chi connectivity index (χ4n) is 2.45. The van der Waals surface area contributed by atoms with Crippen LogP contribution < -0.4 is 10.2 Å². The summed E-state index contributed by atoms with van der Waals surface area (Å²) in [5.41, 5.74) is 2.09. The predicted molar refractivity (Wildman–Crippen MR) is 82.0 cm³/mol. The van der Waals surface area contributed by atoms with E-state index in [1.807, 2.05) is 0 Å². The van der Waals surface area contributed by atoms with Crippen LogP contribution >= 0.6 is 0 Å². The van der Waals surface area contributed by atoms with Gasteiger partial charge in [0, 0.05) is 29.8 Å². The van der Waals surface area contributed by atoms with Gasteiger partial charge in [0.1, 0.15) is 5.75 Å². The van der Waals surface area contributed by atoms with Crippen molar-refractivity contribution in [1.29, 1.82) is 0 Å². The van der Waals surface area contributed by atoms with Gasteiger partial charge in [0.15, 0.2) is 17.6 Å². The van der Waals surface area contributed by atoms with Gasteiger partial charge in [-0.2, -0.15) is 0 Å². The highest BCUT2D eigenvalue weighted by Gasteiger charge is 2.13. The van der Waals surface area contributed by atoms with Crippen LogP contribution in [0, 0.1) is 0 Å². The predicted octanol–water partition coefficient (Wildman–Crippen LogP) is 2.12. The van der Waals surface area contributed by atoms with Crippen molar-refractivity contribution in [3.05, 3.63) is 46.7 Å². The lowest BCUT2D eigenvalue weighted by molar-refractivity contribution is 0.288. The molecule has 0 spiro atoms. The van der Waals surface area contributed by atoms with Gasteiger partial charge >= 0.3 is 0 Å².